The third kappa shape index (κ3) is 3.12. The molecule has 1 heterocycles. The van der Waals surface area contributed by atoms with Crippen molar-refractivity contribution in [2.45, 2.75) is 58.6 Å². The Morgan fingerprint density at radius 1 is 1.43 bits per heavy atom. The first-order chi connectivity index (χ1) is 6.41. The molecule has 1 fully saturated rings. The number of hydrogen-bond acceptors (Lipinski definition) is 2. The summed E-state index contributed by atoms with van der Waals surface area (Å²) in [4.78, 5) is 11.8. The maximum atomic E-state index is 11.8. The first kappa shape index (κ1) is 11.8. The van der Waals surface area contributed by atoms with E-state index in [0.717, 1.165) is 19.2 Å². The lowest BCUT2D eigenvalue weighted by molar-refractivity contribution is -0.126. The highest BCUT2D eigenvalue weighted by molar-refractivity contribution is 6.52. The first-order valence-electron chi connectivity index (χ1n) is 5.62. The number of carbonyl (C=O) groups excluding carboxylic acids is 1. The Morgan fingerprint density at radius 3 is 2.57 bits per heavy atom. The number of ketones is 1. The van der Waals surface area contributed by atoms with Crippen molar-refractivity contribution in [3.63, 3.8) is 0 Å². The summed E-state index contributed by atoms with van der Waals surface area (Å²) >= 11 is 0. The van der Waals surface area contributed by atoms with Gasteiger partial charge < -0.3 is 5.02 Å². The molecule has 2 nitrogen and oxygen atoms in total. The zero-order valence-corrected chi connectivity index (χ0v) is 9.55. The molecule has 1 unspecified atom stereocenters. The van der Waals surface area contributed by atoms with E-state index in [1.54, 1.807) is 0 Å². The Morgan fingerprint density at radius 2 is 2.07 bits per heavy atom. The van der Waals surface area contributed by atoms with E-state index in [1.807, 2.05) is 20.8 Å². The smallest absolute Gasteiger partial charge is 0.292 e. The van der Waals surface area contributed by atoms with Crippen molar-refractivity contribution in [1.82, 2.24) is 0 Å². The van der Waals surface area contributed by atoms with Crippen LogP contribution in [0.25, 0.3) is 0 Å². The van der Waals surface area contributed by atoms with Gasteiger partial charge in [-0.05, 0) is 12.1 Å². The van der Waals surface area contributed by atoms with Crippen LogP contribution in [-0.4, -0.2) is 17.7 Å². The quantitative estimate of drug-likeness (QED) is 0.689. The highest BCUT2D eigenvalue weighted by Crippen LogP contribution is 2.33. The molecule has 1 N–H and O–H groups in total. The predicted molar refractivity (Wildman–Crippen MR) is 59.5 cm³/mol. The van der Waals surface area contributed by atoms with Crippen LogP contribution in [0.1, 0.15) is 46.5 Å². The second-order valence-corrected chi connectivity index (χ2v) is 5.49. The lowest BCUT2D eigenvalue weighted by atomic mass is 9.47. The lowest BCUT2D eigenvalue weighted by Crippen LogP contribution is -2.30. The average molecular weight is 196 g/mol. The lowest BCUT2D eigenvalue weighted by Gasteiger charge is -2.26. The summed E-state index contributed by atoms with van der Waals surface area (Å²) < 4.78 is 0. The minimum absolute atomic E-state index is 0.218. The molecule has 0 spiro atoms. The van der Waals surface area contributed by atoms with Crippen LogP contribution in [0.5, 0.6) is 0 Å². The first-order valence-corrected chi connectivity index (χ1v) is 5.62. The molecule has 1 atom stereocenters. The molecule has 3 heteroatoms. The summed E-state index contributed by atoms with van der Waals surface area (Å²) in [5.41, 5.74) is -0.253. The van der Waals surface area contributed by atoms with Crippen LogP contribution in [0.3, 0.4) is 0 Å². The van der Waals surface area contributed by atoms with Gasteiger partial charge in [-0.2, -0.15) is 0 Å². The molecule has 0 aliphatic carbocycles. The molecule has 0 amide bonds. The topological polar surface area (TPSA) is 37.3 Å². The molecule has 1 aliphatic heterocycles. The summed E-state index contributed by atoms with van der Waals surface area (Å²) in [5, 5.41) is 9.73. The van der Waals surface area contributed by atoms with Crippen LogP contribution in [0.2, 0.25) is 12.1 Å². The molecule has 0 saturated carbocycles. The molecular formula is C11H21BO2. The van der Waals surface area contributed by atoms with Crippen molar-refractivity contribution in [2.75, 3.05) is 0 Å². The van der Waals surface area contributed by atoms with E-state index in [2.05, 4.69) is 0 Å². The van der Waals surface area contributed by atoms with E-state index in [1.165, 1.54) is 6.42 Å². The Labute approximate surface area is 87.2 Å². The van der Waals surface area contributed by atoms with E-state index in [0.29, 0.717) is 6.42 Å². The van der Waals surface area contributed by atoms with Crippen molar-refractivity contribution in [1.29, 1.82) is 0 Å². The van der Waals surface area contributed by atoms with Crippen LogP contribution < -0.4 is 0 Å². The molecule has 14 heavy (non-hydrogen) atoms. The zero-order chi connectivity index (χ0) is 10.8. The largest absolute Gasteiger partial charge is 0.450 e. The molecule has 0 aromatic carbocycles. The van der Waals surface area contributed by atoms with Gasteiger partial charge in [0.25, 0.3) is 6.92 Å². The zero-order valence-electron chi connectivity index (χ0n) is 9.55. The normalized spacial score (nSPS) is 23.7. The monoisotopic (exact) mass is 196 g/mol. The fraction of sp³-hybridized carbons (Fsp3) is 0.909. The minimum Gasteiger partial charge on any atom is -0.450 e. The molecule has 0 radical (unpaired) electrons. The number of carbonyl (C=O) groups is 1. The molecular weight excluding hydrogens is 175 g/mol. The van der Waals surface area contributed by atoms with Gasteiger partial charge in [-0.15, -0.1) is 0 Å². The van der Waals surface area contributed by atoms with Crippen LogP contribution in [0.15, 0.2) is 0 Å². The van der Waals surface area contributed by atoms with Crippen molar-refractivity contribution in [3.05, 3.63) is 0 Å². The van der Waals surface area contributed by atoms with Crippen molar-refractivity contribution in [3.8, 4) is 0 Å². The predicted octanol–water partition coefficient (Wildman–Crippen LogP) is 2.53. The van der Waals surface area contributed by atoms with E-state index >= 15 is 0 Å². The van der Waals surface area contributed by atoms with Crippen molar-refractivity contribution >= 4 is 12.7 Å². The second-order valence-electron chi connectivity index (χ2n) is 5.49. The van der Waals surface area contributed by atoms with Crippen molar-refractivity contribution < 1.29 is 9.82 Å². The summed E-state index contributed by atoms with van der Waals surface area (Å²) in [6.45, 7) is 5.61. The number of hydrogen-bond donors (Lipinski definition) is 1. The van der Waals surface area contributed by atoms with Crippen LogP contribution in [-0.2, 0) is 4.79 Å². The minimum atomic E-state index is -0.253. The fourth-order valence-corrected chi connectivity index (χ4v) is 1.97. The van der Waals surface area contributed by atoms with Gasteiger partial charge in [-0.3, -0.25) is 4.79 Å². The molecule has 80 valence electrons. The summed E-state index contributed by atoms with van der Waals surface area (Å²) in [5.74, 6) is 0.499. The Bertz CT molecular complexity index is 208. The van der Waals surface area contributed by atoms with Gasteiger partial charge in [0.1, 0.15) is 5.78 Å². The number of rotatable bonds is 2. The van der Waals surface area contributed by atoms with Gasteiger partial charge in [0.15, 0.2) is 0 Å². The van der Waals surface area contributed by atoms with E-state index < -0.39 is 0 Å². The van der Waals surface area contributed by atoms with Crippen LogP contribution in [0, 0.1) is 5.41 Å². The Kier molecular flexibility index (Phi) is 3.76. The standard InChI is InChI=1S/C11H21BO2/c1-11(2,3)10(13)8-9-6-4-5-7-12(9)14/h9,14H,4-8H2,1-3H3. The molecule has 0 bridgehead atoms. The Hall–Kier alpha value is -0.305. The molecule has 1 saturated heterocycles. The van der Waals surface area contributed by atoms with Gasteiger partial charge in [-0.25, -0.2) is 0 Å². The average Bonchev–Trinajstić information content (AvgIpc) is 2.07. The summed E-state index contributed by atoms with van der Waals surface area (Å²) in [6, 6.07) is 0. The summed E-state index contributed by atoms with van der Waals surface area (Å²) in [7, 11) is 0. The van der Waals surface area contributed by atoms with Crippen molar-refractivity contribution in [2.24, 2.45) is 5.41 Å². The maximum Gasteiger partial charge on any atom is 0.292 e. The van der Waals surface area contributed by atoms with Crippen LogP contribution >= 0.6 is 0 Å². The van der Waals surface area contributed by atoms with Gasteiger partial charge in [-0.1, -0.05) is 40.0 Å². The van der Waals surface area contributed by atoms with E-state index in [9.17, 15) is 9.82 Å². The van der Waals surface area contributed by atoms with Gasteiger partial charge in [0.05, 0.1) is 0 Å². The third-order valence-electron chi connectivity index (χ3n) is 3.15. The number of Topliss-reactive ketones (excluding diaryl/α,β-unsaturated/α-hetero) is 1. The van der Waals surface area contributed by atoms with Crippen LogP contribution in [0.4, 0.5) is 0 Å². The molecule has 0 aromatic rings. The molecule has 1 aliphatic rings. The fourth-order valence-electron chi connectivity index (χ4n) is 1.97. The van der Waals surface area contributed by atoms with Gasteiger partial charge in [0.2, 0.25) is 0 Å². The molecule has 0 aromatic heterocycles. The highest BCUT2D eigenvalue weighted by Gasteiger charge is 2.32. The van der Waals surface area contributed by atoms with E-state index in [4.69, 9.17) is 0 Å². The summed E-state index contributed by atoms with van der Waals surface area (Å²) in [6.07, 6.45) is 4.73. The second kappa shape index (κ2) is 4.48. The van der Waals surface area contributed by atoms with Gasteiger partial charge in [0, 0.05) is 11.8 Å². The maximum absolute atomic E-state index is 11.8. The van der Waals surface area contributed by atoms with Gasteiger partial charge >= 0.3 is 0 Å². The molecule has 1 rings (SSSR count). The highest BCUT2D eigenvalue weighted by atomic mass is 16.2. The SMILES string of the molecule is CC(C)(C)C(=O)CC1CCCCB1O. The van der Waals surface area contributed by atoms with E-state index in [-0.39, 0.29) is 23.9 Å². The Balaban J connectivity index is 2.46. The third-order valence-corrected chi connectivity index (χ3v) is 3.15.